The molecule has 0 spiro atoms. The Kier molecular flexibility index (Phi) is 3.19. The molecule has 0 atom stereocenters. The summed E-state index contributed by atoms with van der Waals surface area (Å²) >= 11 is 0. The molecular formula is C13H18Mn. The van der Waals surface area contributed by atoms with Gasteiger partial charge in [0.05, 0.1) is 0 Å². The normalized spacial score (nSPS) is 25.7. The largest absolute Gasteiger partial charge is 0.0627 e. The van der Waals surface area contributed by atoms with E-state index in [9.17, 15) is 0 Å². The first-order chi connectivity index (χ1) is 6.45. The number of allylic oxidation sites excluding steroid dienone is 4. The van der Waals surface area contributed by atoms with Gasteiger partial charge in [-0.1, -0.05) is 11.1 Å². The summed E-state index contributed by atoms with van der Waals surface area (Å²) in [6, 6.07) is 0. The van der Waals surface area contributed by atoms with E-state index in [2.05, 4.69) is 0 Å². The first kappa shape index (κ1) is 10.5. The third kappa shape index (κ3) is 1.61. The van der Waals surface area contributed by atoms with Crippen LogP contribution >= 0.6 is 0 Å². The van der Waals surface area contributed by atoms with Crippen molar-refractivity contribution in [2.24, 2.45) is 0 Å². The number of hydrogen-bond acceptors (Lipinski definition) is 0. The Bertz CT molecular complexity index is 266. The molecule has 3 rings (SSSR count). The molecule has 0 heterocycles. The minimum atomic E-state index is 0. The van der Waals surface area contributed by atoms with Gasteiger partial charge in [-0.05, 0) is 68.9 Å². The molecule has 77 valence electrons. The minimum absolute atomic E-state index is 0. The van der Waals surface area contributed by atoms with Crippen LogP contribution in [0.4, 0.5) is 0 Å². The SMILES string of the molecule is C1CCC2=C(C1)CC1=C2CCCC1.[Mn]. The maximum Gasteiger partial charge on any atom is 0 e. The van der Waals surface area contributed by atoms with Gasteiger partial charge in [0.25, 0.3) is 0 Å². The molecular weight excluding hydrogens is 211 g/mol. The quantitative estimate of drug-likeness (QED) is 0.548. The molecule has 0 saturated heterocycles. The van der Waals surface area contributed by atoms with Crippen LogP contribution < -0.4 is 0 Å². The van der Waals surface area contributed by atoms with Crippen LogP contribution in [-0.4, -0.2) is 0 Å². The van der Waals surface area contributed by atoms with Crippen LogP contribution in [0.2, 0.25) is 0 Å². The fourth-order valence-electron chi connectivity index (χ4n) is 3.31. The van der Waals surface area contributed by atoms with Gasteiger partial charge < -0.3 is 0 Å². The Balaban J connectivity index is 0.000000750. The van der Waals surface area contributed by atoms with E-state index in [0.29, 0.717) is 0 Å². The van der Waals surface area contributed by atoms with Crippen LogP contribution in [0.25, 0.3) is 0 Å². The molecule has 1 heteroatoms. The third-order valence-corrected chi connectivity index (χ3v) is 3.96. The van der Waals surface area contributed by atoms with Crippen molar-refractivity contribution in [2.75, 3.05) is 0 Å². The topological polar surface area (TPSA) is 0 Å². The first-order valence-corrected chi connectivity index (χ1v) is 5.87. The van der Waals surface area contributed by atoms with Gasteiger partial charge in [-0.3, -0.25) is 0 Å². The Morgan fingerprint density at radius 2 is 1.00 bits per heavy atom. The van der Waals surface area contributed by atoms with Crippen LogP contribution in [0.3, 0.4) is 0 Å². The first-order valence-electron chi connectivity index (χ1n) is 5.87. The molecule has 1 radical (unpaired) electrons. The van der Waals surface area contributed by atoms with Crippen LogP contribution in [0.15, 0.2) is 22.3 Å². The summed E-state index contributed by atoms with van der Waals surface area (Å²) in [5, 5.41) is 0. The van der Waals surface area contributed by atoms with E-state index < -0.39 is 0 Å². The Morgan fingerprint density at radius 3 is 1.50 bits per heavy atom. The standard InChI is InChI=1S/C13H18.Mn/c1-3-7-12-10(5-1)9-11-6-2-4-8-13(11)12;/h1-9H2;. The Labute approximate surface area is 97.3 Å². The van der Waals surface area contributed by atoms with E-state index >= 15 is 0 Å². The van der Waals surface area contributed by atoms with Crippen molar-refractivity contribution in [2.45, 2.75) is 57.8 Å². The Hall–Kier alpha value is -0.000519. The molecule has 0 aliphatic heterocycles. The number of rotatable bonds is 0. The average molecular weight is 229 g/mol. The fourth-order valence-corrected chi connectivity index (χ4v) is 3.31. The van der Waals surface area contributed by atoms with Crippen molar-refractivity contribution in [3.63, 3.8) is 0 Å². The van der Waals surface area contributed by atoms with Crippen molar-refractivity contribution in [1.82, 2.24) is 0 Å². The summed E-state index contributed by atoms with van der Waals surface area (Å²) < 4.78 is 0. The molecule has 0 nitrogen and oxygen atoms in total. The second-order valence-electron chi connectivity index (χ2n) is 4.76. The average Bonchev–Trinajstić information content (AvgIpc) is 2.56. The van der Waals surface area contributed by atoms with Crippen molar-refractivity contribution < 1.29 is 17.1 Å². The van der Waals surface area contributed by atoms with Crippen LogP contribution in [0.1, 0.15) is 57.8 Å². The molecule has 0 fully saturated rings. The van der Waals surface area contributed by atoms with Gasteiger partial charge in [0.1, 0.15) is 0 Å². The van der Waals surface area contributed by atoms with E-state index in [1.54, 1.807) is 0 Å². The molecule has 3 aliphatic carbocycles. The predicted molar refractivity (Wildman–Crippen MR) is 55.6 cm³/mol. The van der Waals surface area contributed by atoms with Gasteiger partial charge in [-0.25, -0.2) is 0 Å². The number of hydrogen-bond donors (Lipinski definition) is 0. The van der Waals surface area contributed by atoms with Gasteiger partial charge in [-0.15, -0.1) is 0 Å². The zero-order chi connectivity index (χ0) is 8.67. The summed E-state index contributed by atoms with van der Waals surface area (Å²) in [5.41, 5.74) is 7.30. The number of fused-ring (bicyclic) bond motifs is 1. The summed E-state index contributed by atoms with van der Waals surface area (Å²) in [6.45, 7) is 0. The molecule has 0 unspecified atom stereocenters. The second kappa shape index (κ2) is 4.24. The van der Waals surface area contributed by atoms with Crippen LogP contribution in [0, 0.1) is 0 Å². The molecule has 0 amide bonds. The molecule has 0 N–H and O–H groups in total. The van der Waals surface area contributed by atoms with Gasteiger partial charge >= 0.3 is 0 Å². The van der Waals surface area contributed by atoms with Crippen molar-refractivity contribution in [3.05, 3.63) is 22.3 Å². The van der Waals surface area contributed by atoms with E-state index in [0.717, 1.165) is 0 Å². The maximum atomic E-state index is 1.83. The smallest absolute Gasteiger partial charge is 0 e. The second-order valence-corrected chi connectivity index (χ2v) is 4.76. The van der Waals surface area contributed by atoms with Gasteiger partial charge in [0.2, 0.25) is 0 Å². The monoisotopic (exact) mass is 229 g/mol. The van der Waals surface area contributed by atoms with E-state index in [-0.39, 0.29) is 17.1 Å². The van der Waals surface area contributed by atoms with Crippen molar-refractivity contribution in [3.8, 4) is 0 Å². The zero-order valence-corrected chi connectivity index (χ0v) is 9.92. The van der Waals surface area contributed by atoms with Gasteiger partial charge in [0, 0.05) is 17.1 Å². The molecule has 0 saturated carbocycles. The maximum absolute atomic E-state index is 1.83. The molecule has 3 aliphatic rings. The minimum Gasteiger partial charge on any atom is -0.0627 e. The van der Waals surface area contributed by atoms with E-state index in [1.807, 2.05) is 22.3 Å². The van der Waals surface area contributed by atoms with Crippen LogP contribution in [0.5, 0.6) is 0 Å². The fraction of sp³-hybridized carbons (Fsp3) is 0.692. The third-order valence-electron chi connectivity index (χ3n) is 3.96. The van der Waals surface area contributed by atoms with Crippen molar-refractivity contribution in [1.29, 1.82) is 0 Å². The van der Waals surface area contributed by atoms with Gasteiger partial charge in [0.15, 0.2) is 0 Å². The zero-order valence-electron chi connectivity index (χ0n) is 8.74. The van der Waals surface area contributed by atoms with Crippen LogP contribution in [-0.2, 0) is 17.1 Å². The predicted octanol–water partition coefficient (Wildman–Crippen LogP) is 4.13. The molecule has 0 bridgehead atoms. The summed E-state index contributed by atoms with van der Waals surface area (Å²) in [5.74, 6) is 0. The molecule has 0 aromatic heterocycles. The Morgan fingerprint density at radius 1 is 0.571 bits per heavy atom. The summed E-state index contributed by atoms with van der Waals surface area (Å²) in [7, 11) is 0. The molecule has 14 heavy (non-hydrogen) atoms. The summed E-state index contributed by atoms with van der Waals surface area (Å²) in [6.07, 6.45) is 12.9. The van der Waals surface area contributed by atoms with E-state index in [4.69, 9.17) is 0 Å². The summed E-state index contributed by atoms with van der Waals surface area (Å²) in [4.78, 5) is 0. The van der Waals surface area contributed by atoms with Gasteiger partial charge in [-0.2, -0.15) is 0 Å². The molecule has 0 aromatic rings. The van der Waals surface area contributed by atoms with E-state index in [1.165, 1.54) is 57.8 Å². The molecule has 0 aromatic carbocycles. The van der Waals surface area contributed by atoms with Crippen molar-refractivity contribution >= 4 is 0 Å².